The molecule has 2 amide bonds. The molecule has 0 atom stereocenters. The van der Waals surface area contributed by atoms with E-state index >= 15 is 0 Å². The van der Waals surface area contributed by atoms with Crippen molar-refractivity contribution < 1.29 is 9.72 Å². The number of amides is 2. The number of urea groups is 1. The molecule has 0 unspecified atom stereocenters. The second kappa shape index (κ2) is 7.57. The number of rotatable bonds is 4. The SMILES string of the molecule is O=C(N/N=C\c1ccc(Cl)c([N+](=O)[O-])c1)Nc1cccc(Cl)c1. The van der Waals surface area contributed by atoms with Gasteiger partial charge in [0.05, 0.1) is 11.1 Å². The Balaban J connectivity index is 1.97. The van der Waals surface area contributed by atoms with Gasteiger partial charge in [0, 0.05) is 22.3 Å². The standard InChI is InChI=1S/C14H10Cl2N4O3/c15-10-2-1-3-11(7-10)18-14(21)19-17-8-9-4-5-12(16)13(6-9)20(22)23/h1-8H,(H2,18,19,21)/b17-8-. The minimum atomic E-state index is -0.598. The summed E-state index contributed by atoms with van der Waals surface area (Å²) in [6, 6.07) is 10.2. The zero-order valence-corrected chi connectivity index (χ0v) is 13.0. The molecule has 0 fully saturated rings. The lowest BCUT2D eigenvalue weighted by Gasteiger charge is -2.04. The lowest BCUT2D eigenvalue weighted by molar-refractivity contribution is -0.384. The van der Waals surface area contributed by atoms with E-state index in [1.165, 1.54) is 24.4 Å². The van der Waals surface area contributed by atoms with Crippen molar-refractivity contribution in [1.82, 2.24) is 5.43 Å². The van der Waals surface area contributed by atoms with E-state index in [4.69, 9.17) is 23.2 Å². The molecule has 0 aliphatic heterocycles. The molecule has 2 rings (SSSR count). The fourth-order valence-corrected chi connectivity index (χ4v) is 2.02. The number of carbonyl (C=O) groups excluding carboxylic acids is 1. The number of carbonyl (C=O) groups is 1. The second-order valence-corrected chi connectivity index (χ2v) is 5.15. The number of nitrogens with one attached hydrogen (secondary N) is 2. The molecule has 2 aromatic rings. The van der Waals surface area contributed by atoms with Crippen molar-refractivity contribution >= 4 is 46.8 Å². The van der Waals surface area contributed by atoms with Gasteiger partial charge in [0.1, 0.15) is 5.02 Å². The Morgan fingerprint density at radius 3 is 2.70 bits per heavy atom. The Morgan fingerprint density at radius 1 is 1.22 bits per heavy atom. The van der Waals surface area contributed by atoms with Gasteiger partial charge in [-0.15, -0.1) is 0 Å². The van der Waals surface area contributed by atoms with E-state index in [2.05, 4.69) is 15.8 Å². The highest BCUT2D eigenvalue weighted by atomic mass is 35.5. The molecular formula is C14H10Cl2N4O3. The third-order valence-electron chi connectivity index (χ3n) is 2.63. The third kappa shape index (κ3) is 4.94. The average Bonchev–Trinajstić information content (AvgIpc) is 2.48. The van der Waals surface area contributed by atoms with E-state index in [1.807, 2.05) is 0 Å². The van der Waals surface area contributed by atoms with E-state index in [1.54, 1.807) is 24.3 Å². The number of nitrogens with zero attached hydrogens (tertiary/aromatic N) is 2. The Morgan fingerprint density at radius 2 is 2.00 bits per heavy atom. The van der Waals surface area contributed by atoms with Crippen LogP contribution >= 0.6 is 23.2 Å². The lowest BCUT2D eigenvalue weighted by Crippen LogP contribution is -2.24. The fourth-order valence-electron chi connectivity index (χ4n) is 1.64. The predicted octanol–water partition coefficient (Wildman–Crippen LogP) is 4.06. The van der Waals surface area contributed by atoms with Crippen molar-refractivity contribution in [3.8, 4) is 0 Å². The molecule has 2 aromatic carbocycles. The number of benzene rings is 2. The van der Waals surface area contributed by atoms with Crippen molar-refractivity contribution in [3.63, 3.8) is 0 Å². The summed E-state index contributed by atoms with van der Waals surface area (Å²) in [5.74, 6) is 0. The Kier molecular flexibility index (Phi) is 5.51. The predicted molar refractivity (Wildman–Crippen MR) is 89.3 cm³/mol. The molecule has 23 heavy (non-hydrogen) atoms. The van der Waals surface area contributed by atoms with E-state index in [9.17, 15) is 14.9 Å². The first-order valence-corrected chi connectivity index (χ1v) is 7.01. The molecule has 9 heteroatoms. The van der Waals surface area contributed by atoms with Gasteiger partial charge in [0.2, 0.25) is 0 Å². The topological polar surface area (TPSA) is 96.6 Å². The van der Waals surface area contributed by atoms with Crippen LogP contribution in [-0.4, -0.2) is 17.2 Å². The first-order chi connectivity index (χ1) is 11.0. The van der Waals surface area contributed by atoms with E-state index in [0.717, 1.165) is 0 Å². The van der Waals surface area contributed by atoms with Gasteiger partial charge in [-0.05, 0) is 24.3 Å². The summed E-state index contributed by atoms with van der Waals surface area (Å²) < 4.78 is 0. The zero-order valence-electron chi connectivity index (χ0n) is 11.5. The molecule has 0 aliphatic rings. The molecule has 0 radical (unpaired) electrons. The highest BCUT2D eigenvalue weighted by Crippen LogP contribution is 2.24. The van der Waals surface area contributed by atoms with E-state index < -0.39 is 11.0 Å². The minimum Gasteiger partial charge on any atom is -0.306 e. The Hall–Kier alpha value is -2.64. The maximum absolute atomic E-state index is 11.6. The fraction of sp³-hybridized carbons (Fsp3) is 0. The van der Waals surface area contributed by atoms with Crippen LogP contribution in [0.4, 0.5) is 16.2 Å². The smallest absolute Gasteiger partial charge is 0.306 e. The van der Waals surface area contributed by atoms with Crippen molar-refractivity contribution in [2.45, 2.75) is 0 Å². The van der Waals surface area contributed by atoms with Gasteiger partial charge >= 0.3 is 6.03 Å². The first-order valence-electron chi connectivity index (χ1n) is 6.25. The summed E-state index contributed by atoms with van der Waals surface area (Å²) in [7, 11) is 0. The molecule has 0 spiro atoms. The summed E-state index contributed by atoms with van der Waals surface area (Å²) in [5, 5.41) is 17.5. The van der Waals surface area contributed by atoms with Crippen LogP contribution in [0.1, 0.15) is 5.56 Å². The largest absolute Gasteiger partial charge is 0.339 e. The van der Waals surface area contributed by atoms with E-state index in [0.29, 0.717) is 16.3 Å². The monoisotopic (exact) mass is 352 g/mol. The zero-order chi connectivity index (χ0) is 16.8. The van der Waals surface area contributed by atoms with Gasteiger partial charge in [-0.25, -0.2) is 10.2 Å². The number of hydrogen-bond acceptors (Lipinski definition) is 4. The quantitative estimate of drug-likeness (QED) is 0.493. The average molecular weight is 353 g/mol. The molecular weight excluding hydrogens is 343 g/mol. The van der Waals surface area contributed by atoms with Crippen LogP contribution in [0.15, 0.2) is 47.6 Å². The summed E-state index contributed by atoms with van der Waals surface area (Å²) in [5.41, 5.74) is 2.93. The molecule has 2 N–H and O–H groups in total. The van der Waals surface area contributed by atoms with Crippen molar-refractivity contribution in [3.05, 3.63) is 68.2 Å². The number of hydrogen-bond donors (Lipinski definition) is 2. The summed E-state index contributed by atoms with van der Waals surface area (Å²) >= 11 is 11.5. The minimum absolute atomic E-state index is 0.0267. The third-order valence-corrected chi connectivity index (χ3v) is 3.18. The lowest BCUT2D eigenvalue weighted by atomic mass is 10.2. The van der Waals surface area contributed by atoms with Gasteiger partial charge in [-0.1, -0.05) is 35.3 Å². The molecule has 0 saturated carbocycles. The van der Waals surface area contributed by atoms with Crippen LogP contribution in [-0.2, 0) is 0 Å². The van der Waals surface area contributed by atoms with Crippen LogP contribution in [0.25, 0.3) is 0 Å². The summed E-state index contributed by atoms with van der Waals surface area (Å²) in [6.07, 6.45) is 1.26. The van der Waals surface area contributed by atoms with E-state index in [-0.39, 0.29) is 10.7 Å². The van der Waals surface area contributed by atoms with Crippen LogP contribution in [0.3, 0.4) is 0 Å². The van der Waals surface area contributed by atoms with Gasteiger partial charge in [0.25, 0.3) is 5.69 Å². The van der Waals surface area contributed by atoms with Gasteiger partial charge < -0.3 is 5.32 Å². The van der Waals surface area contributed by atoms with Gasteiger partial charge in [-0.2, -0.15) is 5.10 Å². The van der Waals surface area contributed by atoms with Gasteiger partial charge in [0.15, 0.2) is 0 Å². The highest BCUT2D eigenvalue weighted by molar-refractivity contribution is 6.32. The van der Waals surface area contributed by atoms with Crippen LogP contribution < -0.4 is 10.7 Å². The van der Waals surface area contributed by atoms with Crippen molar-refractivity contribution in [2.24, 2.45) is 5.10 Å². The second-order valence-electron chi connectivity index (χ2n) is 4.30. The highest BCUT2D eigenvalue weighted by Gasteiger charge is 2.11. The Bertz CT molecular complexity index is 780. The van der Waals surface area contributed by atoms with Crippen LogP contribution in [0.5, 0.6) is 0 Å². The number of halogens is 2. The normalized spacial score (nSPS) is 10.5. The summed E-state index contributed by atoms with van der Waals surface area (Å²) in [4.78, 5) is 21.8. The number of nitro groups is 1. The molecule has 0 aliphatic carbocycles. The molecule has 0 bridgehead atoms. The van der Waals surface area contributed by atoms with Crippen molar-refractivity contribution in [1.29, 1.82) is 0 Å². The molecule has 118 valence electrons. The maximum Gasteiger partial charge on any atom is 0.339 e. The number of anilines is 1. The van der Waals surface area contributed by atoms with Crippen LogP contribution in [0, 0.1) is 10.1 Å². The molecule has 0 aromatic heterocycles. The Labute approximate surface area is 141 Å². The van der Waals surface area contributed by atoms with Gasteiger partial charge in [-0.3, -0.25) is 10.1 Å². The number of nitro benzene ring substituents is 1. The van der Waals surface area contributed by atoms with Crippen LogP contribution in [0.2, 0.25) is 10.0 Å². The molecule has 7 nitrogen and oxygen atoms in total. The molecule has 0 heterocycles. The first kappa shape index (κ1) is 16.7. The van der Waals surface area contributed by atoms with Crippen molar-refractivity contribution in [2.75, 3.05) is 5.32 Å². The molecule has 0 saturated heterocycles. The summed E-state index contributed by atoms with van der Waals surface area (Å²) in [6.45, 7) is 0. The number of hydrazone groups is 1. The maximum atomic E-state index is 11.6.